The highest BCUT2D eigenvalue weighted by molar-refractivity contribution is 6.30. The van der Waals surface area contributed by atoms with Gasteiger partial charge < -0.3 is 9.30 Å². The SMILES string of the molecule is Cn1cc(CN2CCO[C@H](c3nccnc3-c3cccc(Cl)c3)C2)c2ccccc21. The molecule has 4 aromatic rings. The van der Waals surface area contributed by atoms with Crippen LogP contribution in [0.5, 0.6) is 0 Å². The third kappa shape index (κ3) is 3.72. The molecule has 0 N–H and O–H groups in total. The monoisotopic (exact) mass is 418 g/mol. The van der Waals surface area contributed by atoms with Gasteiger partial charge in [-0.1, -0.05) is 41.9 Å². The first-order valence-electron chi connectivity index (χ1n) is 10.1. The van der Waals surface area contributed by atoms with Crippen LogP contribution in [0.2, 0.25) is 5.02 Å². The van der Waals surface area contributed by atoms with Crippen LogP contribution in [-0.4, -0.2) is 39.1 Å². The topological polar surface area (TPSA) is 43.2 Å². The van der Waals surface area contributed by atoms with Crippen LogP contribution in [-0.2, 0) is 18.3 Å². The van der Waals surface area contributed by atoms with Crippen molar-refractivity contribution in [2.45, 2.75) is 12.6 Å². The Bertz CT molecular complexity index is 1190. The summed E-state index contributed by atoms with van der Waals surface area (Å²) in [5.41, 5.74) is 5.25. The van der Waals surface area contributed by atoms with E-state index in [1.807, 2.05) is 24.3 Å². The van der Waals surface area contributed by atoms with E-state index >= 15 is 0 Å². The minimum absolute atomic E-state index is 0.128. The smallest absolute Gasteiger partial charge is 0.114 e. The molecule has 0 aliphatic carbocycles. The summed E-state index contributed by atoms with van der Waals surface area (Å²) in [6, 6.07) is 16.3. The van der Waals surface area contributed by atoms with Gasteiger partial charge in [0.25, 0.3) is 0 Å². The van der Waals surface area contributed by atoms with Crippen molar-refractivity contribution >= 4 is 22.5 Å². The van der Waals surface area contributed by atoms with E-state index in [0.29, 0.717) is 11.6 Å². The number of halogens is 1. The van der Waals surface area contributed by atoms with Gasteiger partial charge in [0.1, 0.15) is 6.10 Å². The number of aryl methyl sites for hydroxylation is 1. The molecule has 0 bridgehead atoms. The lowest BCUT2D eigenvalue weighted by atomic mass is 10.0. The fourth-order valence-electron chi connectivity index (χ4n) is 4.25. The Balaban J connectivity index is 1.41. The Hall–Kier alpha value is -2.73. The third-order valence-corrected chi connectivity index (χ3v) is 5.89. The molecule has 152 valence electrons. The number of nitrogens with zero attached hydrogens (tertiary/aromatic N) is 4. The first-order valence-corrected chi connectivity index (χ1v) is 10.5. The Labute approximate surface area is 180 Å². The van der Waals surface area contributed by atoms with Crippen molar-refractivity contribution in [1.29, 1.82) is 0 Å². The van der Waals surface area contributed by atoms with Gasteiger partial charge >= 0.3 is 0 Å². The molecule has 2 aromatic carbocycles. The van der Waals surface area contributed by atoms with Crippen molar-refractivity contribution in [3.8, 4) is 11.3 Å². The fraction of sp³-hybridized carbons (Fsp3) is 0.250. The quantitative estimate of drug-likeness (QED) is 0.474. The zero-order valence-electron chi connectivity index (χ0n) is 16.8. The van der Waals surface area contributed by atoms with Gasteiger partial charge in [0.2, 0.25) is 0 Å². The van der Waals surface area contributed by atoms with E-state index < -0.39 is 0 Å². The average molecular weight is 419 g/mol. The number of rotatable bonds is 4. The van der Waals surface area contributed by atoms with E-state index in [4.69, 9.17) is 16.3 Å². The highest BCUT2D eigenvalue weighted by atomic mass is 35.5. The molecule has 0 amide bonds. The van der Waals surface area contributed by atoms with Crippen molar-refractivity contribution in [3.05, 3.63) is 83.4 Å². The van der Waals surface area contributed by atoms with Gasteiger partial charge in [0.05, 0.1) is 18.0 Å². The maximum atomic E-state index is 6.21. The number of aromatic nitrogens is 3. The summed E-state index contributed by atoms with van der Waals surface area (Å²) in [7, 11) is 2.10. The molecular formula is C24H23ClN4O. The highest BCUT2D eigenvalue weighted by Gasteiger charge is 2.27. The van der Waals surface area contributed by atoms with Gasteiger partial charge in [-0.05, 0) is 23.8 Å². The molecule has 0 radical (unpaired) electrons. The lowest BCUT2D eigenvalue weighted by Gasteiger charge is -2.33. The fourth-order valence-corrected chi connectivity index (χ4v) is 4.44. The van der Waals surface area contributed by atoms with Crippen molar-refractivity contribution in [3.63, 3.8) is 0 Å². The maximum absolute atomic E-state index is 6.21. The van der Waals surface area contributed by atoms with E-state index in [0.717, 1.165) is 36.6 Å². The standard InChI is InChI=1S/C24H23ClN4O/c1-28-14-18(20-7-2-3-8-21(20)28)15-29-11-12-30-22(16-29)24-23(26-9-10-27-24)17-5-4-6-19(25)13-17/h2-10,13-14,22H,11-12,15-16H2,1H3/t22-/m0/s1. The van der Waals surface area contributed by atoms with Crippen LogP contribution >= 0.6 is 11.6 Å². The Morgan fingerprint density at radius 2 is 1.97 bits per heavy atom. The second-order valence-corrected chi connectivity index (χ2v) is 8.11. The van der Waals surface area contributed by atoms with E-state index in [1.165, 1.54) is 16.5 Å². The molecule has 5 rings (SSSR count). The molecular weight excluding hydrogens is 396 g/mol. The number of hydrogen-bond acceptors (Lipinski definition) is 4. The van der Waals surface area contributed by atoms with Crippen LogP contribution in [0, 0.1) is 0 Å². The maximum Gasteiger partial charge on any atom is 0.114 e. The second kappa shape index (κ2) is 8.19. The molecule has 0 saturated carbocycles. The minimum atomic E-state index is -0.128. The van der Waals surface area contributed by atoms with Crippen molar-refractivity contribution in [2.75, 3.05) is 19.7 Å². The van der Waals surface area contributed by atoms with Crippen LogP contribution < -0.4 is 0 Å². The molecule has 0 unspecified atom stereocenters. The number of fused-ring (bicyclic) bond motifs is 1. The summed E-state index contributed by atoms with van der Waals surface area (Å²) >= 11 is 6.21. The summed E-state index contributed by atoms with van der Waals surface area (Å²) in [4.78, 5) is 11.7. The number of morpholine rings is 1. The Kier molecular flexibility index (Phi) is 5.25. The Morgan fingerprint density at radius 1 is 1.10 bits per heavy atom. The van der Waals surface area contributed by atoms with Crippen LogP contribution in [0.1, 0.15) is 17.4 Å². The molecule has 3 heterocycles. The Morgan fingerprint density at radius 3 is 2.87 bits per heavy atom. The zero-order chi connectivity index (χ0) is 20.5. The zero-order valence-corrected chi connectivity index (χ0v) is 17.6. The second-order valence-electron chi connectivity index (χ2n) is 7.68. The molecule has 0 spiro atoms. The summed E-state index contributed by atoms with van der Waals surface area (Å²) in [5.74, 6) is 0. The molecule has 6 heteroatoms. The predicted molar refractivity (Wildman–Crippen MR) is 119 cm³/mol. The van der Waals surface area contributed by atoms with Gasteiger partial charge in [0, 0.05) is 66.8 Å². The molecule has 1 atom stereocenters. The number of hydrogen-bond donors (Lipinski definition) is 0. The first-order chi connectivity index (χ1) is 14.7. The van der Waals surface area contributed by atoms with Gasteiger partial charge in [-0.25, -0.2) is 0 Å². The first kappa shape index (κ1) is 19.2. The van der Waals surface area contributed by atoms with E-state index in [2.05, 4.69) is 56.9 Å². The molecule has 1 aliphatic rings. The van der Waals surface area contributed by atoms with E-state index in [-0.39, 0.29) is 6.10 Å². The molecule has 2 aromatic heterocycles. The summed E-state index contributed by atoms with van der Waals surface area (Å²) < 4.78 is 8.33. The largest absolute Gasteiger partial charge is 0.369 e. The van der Waals surface area contributed by atoms with Crippen LogP contribution in [0.4, 0.5) is 0 Å². The van der Waals surface area contributed by atoms with Crippen molar-refractivity contribution < 1.29 is 4.74 Å². The lowest BCUT2D eigenvalue weighted by molar-refractivity contribution is -0.0347. The van der Waals surface area contributed by atoms with E-state index in [1.54, 1.807) is 12.4 Å². The summed E-state index contributed by atoms with van der Waals surface area (Å²) in [5, 5.41) is 1.99. The predicted octanol–water partition coefficient (Wildman–Crippen LogP) is 4.86. The molecule has 1 fully saturated rings. The van der Waals surface area contributed by atoms with Gasteiger partial charge in [-0.15, -0.1) is 0 Å². The molecule has 5 nitrogen and oxygen atoms in total. The van der Waals surface area contributed by atoms with Crippen LogP contribution in [0.3, 0.4) is 0 Å². The summed E-state index contributed by atoms with van der Waals surface area (Å²) in [6.45, 7) is 3.22. The van der Waals surface area contributed by atoms with E-state index in [9.17, 15) is 0 Å². The third-order valence-electron chi connectivity index (χ3n) is 5.65. The summed E-state index contributed by atoms with van der Waals surface area (Å²) in [6.07, 6.45) is 5.55. The number of para-hydroxylation sites is 1. The highest BCUT2D eigenvalue weighted by Crippen LogP contribution is 2.31. The molecule has 1 saturated heterocycles. The average Bonchev–Trinajstić information content (AvgIpc) is 3.09. The van der Waals surface area contributed by atoms with Gasteiger partial charge in [-0.2, -0.15) is 0 Å². The van der Waals surface area contributed by atoms with Crippen LogP contribution in [0.15, 0.2) is 67.1 Å². The lowest BCUT2D eigenvalue weighted by Crippen LogP contribution is -2.38. The number of benzene rings is 2. The van der Waals surface area contributed by atoms with Crippen molar-refractivity contribution in [2.24, 2.45) is 7.05 Å². The molecule has 1 aliphatic heterocycles. The number of ether oxygens (including phenoxy) is 1. The van der Waals surface area contributed by atoms with Gasteiger partial charge in [0.15, 0.2) is 0 Å². The van der Waals surface area contributed by atoms with Gasteiger partial charge in [-0.3, -0.25) is 14.9 Å². The molecule has 30 heavy (non-hydrogen) atoms. The van der Waals surface area contributed by atoms with Crippen LogP contribution in [0.25, 0.3) is 22.2 Å². The normalized spacial score (nSPS) is 17.5. The van der Waals surface area contributed by atoms with Crippen molar-refractivity contribution in [1.82, 2.24) is 19.4 Å². The minimum Gasteiger partial charge on any atom is -0.369 e.